The standard InChI is InChI=1S/C12H16FNO2/c1-7(2)11(12(15)16)14-9-5-4-8(3)10(13)6-9/h4-7,11,14H,1-3H3,(H,15,16)/t11-/m0/s1. The summed E-state index contributed by atoms with van der Waals surface area (Å²) in [6, 6.07) is 3.91. The molecule has 0 heterocycles. The Bertz CT molecular complexity index is 391. The molecule has 2 N–H and O–H groups in total. The number of benzene rings is 1. The van der Waals surface area contributed by atoms with E-state index in [2.05, 4.69) is 5.32 Å². The molecule has 3 nitrogen and oxygen atoms in total. The molecule has 0 saturated heterocycles. The molecule has 1 atom stereocenters. The fraction of sp³-hybridized carbons (Fsp3) is 0.417. The van der Waals surface area contributed by atoms with E-state index in [1.807, 2.05) is 0 Å². The lowest BCUT2D eigenvalue weighted by atomic mass is 10.0. The molecular weight excluding hydrogens is 209 g/mol. The summed E-state index contributed by atoms with van der Waals surface area (Å²) < 4.78 is 13.2. The van der Waals surface area contributed by atoms with Gasteiger partial charge in [-0.25, -0.2) is 9.18 Å². The van der Waals surface area contributed by atoms with Gasteiger partial charge in [-0.2, -0.15) is 0 Å². The number of carbonyl (C=O) groups is 1. The maximum absolute atomic E-state index is 13.2. The summed E-state index contributed by atoms with van der Waals surface area (Å²) in [4.78, 5) is 10.9. The van der Waals surface area contributed by atoms with E-state index in [0.29, 0.717) is 11.3 Å². The third-order valence-electron chi connectivity index (χ3n) is 2.43. The molecule has 88 valence electrons. The minimum Gasteiger partial charge on any atom is -0.480 e. The summed E-state index contributed by atoms with van der Waals surface area (Å²) in [5.41, 5.74) is 1.03. The van der Waals surface area contributed by atoms with Gasteiger partial charge in [0.25, 0.3) is 0 Å². The molecule has 1 rings (SSSR count). The molecule has 0 aliphatic heterocycles. The highest BCUT2D eigenvalue weighted by atomic mass is 19.1. The molecule has 1 aromatic carbocycles. The molecule has 0 aliphatic rings. The monoisotopic (exact) mass is 225 g/mol. The second-order valence-electron chi connectivity index (χ2n) is 4.17. The first-order chi connectivity index (χ1) is 7.41. The number of anilines is 1. The zero-order chi connectivity index (χ0) is 12.3. The third kappa shape index (κ3) is 2.95. The van der Waals surface area contributed by atoms with Crippen LogP contribution in [-0.4, -0.2) is 17.1 Å². The smallest absolute Gasteiger partial charge is 0.326 e. The Labute approximate surface area is 94.3 Å². The lowest BCUT2D eigenvalue weighted by Crippen LogP contribution is -2.34. The molecule has 0 radical (unpaired) electrons. The van der Waals surface area contributed by atoms with Crippen molar-refractivity contribution >= 4 is 11.7 Å². The first-order valence-corrected chi connectivity index (χ1v) is 5.17. The average Bonchev–Trinajstić information content (AvgIpc) is 2.18. The second-order valence-corrected chi connectivity index (χ2v) is 4.17. The number of hydrogen-bond acceptors (Lipinski definition) is 2. The summed E-state index contributed by atoms with van der Waals surface area (Å²) >= 11 is 0. The SMILES string of the molecule is Cc1ccc(N[C@H](C(=O)O)C(C)C)cc1F. The van der Waals surface area contributed by atoms with Crippen molar-refractivity contribution in [1.82, 2.24) is 0 Å². The van der Waals surface area contributed by atoms with E-state index in [9.17, 15) is 9.18 Å². The average molecular weight is 225 g/mol. The quantitative estimate of drug-likeness (QED) is 0.828. The zero-order valence-electron chi connectivity index (χ0n) is 9.62. The van der Waals surface area contributed by atoms with Crippen LogP contribution in [0.2, 0.25) is 0 Å². The van der Waals surface area contributed by atoms with Crippen LogP contribution in [0.5, 0.6) is 0 Å². The van der Waals surface area contributed by atoms with Crippen LogP contribution in [0.4, 0.5) is 10.1 Å². The molecule has 4 heteroatoms. The summed E-state index contributed by atoms with van der Waals surface area (Å²) in [6.07, 6.45) is 0. The fourth-order valence-electron chi connectivity index (χ4n) is 1.38. The van der Waals surface area contributed by atoms with Gasteiger partial charge in [0.15, 0.2) is 0 Å². The number of aliphatic carboxylic acids is 1. The van der Waals surface area contributed by atoms with Gasteiger partial charge in [0, 0.05) is 5.69 Å². The van der Waals surface area contributed by atoms with Gasteiger partial charge < -0.3 is 10.4 Å². The Balaban J connectivity index is 2.86. The number of nitrogens with one attached hydrogen (secondary N) is 1. The second kappa shape index (κ2) is 4.96. The number of aryl methyl sites for hydroxylation is 1. The molecule has 0 aliphatic carbocycles. The number of rotatable bonds is 4. The minimum atomic E-state index is -0.934. The van der Waals surface area contributed by atoms with Crippen molar-refractivity contribution in [2.75, 3.05) is 5.32 Å². The summed E-state index contributed by atoms with van der Waals surface area (Å²) in [5.74, 6) is -1.34. The van der Waals surface area contributed by atoms with E-state index in [1.54, 1.807) is 32.9 Å². The van der Waals surface area contributed by atoms with Crippen LogP contribution in [0.3, 0.4) is 0 Å². The Hall–Kier alpha value is -1.58. The van der Waals surface area contributed by atoms with Gasteiger partial charge in [-0.05, 0) is 30.5 Å². The van der Waals surface area contributed by atoms with Gasteiger partial charge in [-0.1, -0.05) is 19.9 Å². The molecule has 0 unspecified atom stereocenters. The van der Waals surface area contributed by atoms with Crippen molar-refractivity contribution in [3.63, 3.8) is 0 Å². The maximum Gasteiger partial charge on any atom is 0.326 e. The Morgan fingerprint density at radius 1 is 1.44 bits per heavy atom. The van der Waals surface area contributed by atoms with Crippen LogP contribution in [0, 0.1) is 18.7 Å². The summed E-state index contributed by atoms with van der Waals surface area (Å²) in [6.45, 7) is 5.27. The largest absolute Gasteiger partial charge is 0.480 e. The van der Waals surface area contributed by atoms with Crippen molar-refractivity contribution in [3.8, 4) is 0 Å². The van der Waals surface area contributed by atoms with Gasteiger partial charge in [0.2, 0.25) is 0 Å². The molecular formula is C12H16FNO2. The highest BCUT2D eigenvalue weighted by Gasteiger charge is 2.21. The van der Waals surface area contributed by atoms with Crippen LogP contribution in [0.15, 0.2) is 18.2 Å². The maximum atomic E-state index is 13.2. The predicted molar refractivity (Wildman–Crippen MR) is 61.0 cm³/mol. The van der Waals surface area contributed by atoms with Crippen LogP contribution >= 0.6 is 0 Å². The first kappa shape index (κ1) is 12.5. The van der Waals surface area contributed by atoms with Crippen molar-refractivity contribution in [2.24, 2.45) is 5.92 Å². The normalized spacial score (nSPS) is 12.6. The van der Waals surface area contributed by atoms with Crippen molar-refractivity contribution in [1.29, 1.82) is 0 Å². The number of carboxylic acids is 1. The summed E-state index contributed by atoms with van der Waals surface area (Å²) in [5, 5.41) is 11.8. The topological polar surface area (TPSA) is 49.3 Å². The van der Waals surface area contributed by atoms with Crippen molar-refractivity contribution in [2.45, 2.75) is 26.8 Å². The molecule has 0 spiro atoms. The van der Waals surface area contributed by atoms with E-state index in [-0.39, 0.29) is 11.7 Å². The number of carboxylic acid groups (broad SMARTS) is 1. The zero-order valence-corrected chi connectivity index (χ0v) is 9.62. The fourth-order valence-corrected chi connectivity index (χ4v) is 1.38. The van der Waals surface area contributed by atoms with Crippen LogP contribution < -0.4 is 5.32 Å². The van der Waals surface area contributed by atoms with Gasteiger partial charge >= 0.3 is 5.97 Å². The highest BCUT2D eigenvalue weighted by Crippen LogP contribution is 2.16. The third-order valence-corrected chi connectivity index (χ3v) is 2.43. The van der Waals surface area contributed by atoms with Crippen molar-refractivity contribution < 1.29 is 14.3 Å². The van der Waals surface area contributed by atoms with E-state index >= 15 is 0 Å². The number of hydrogen-bond donors (Lipinski definition) is 2. The molecule has 1 aromatic rings. The summed E-state index contributed by atoms with van der Waals surface area (Å²) in [7, 11) is 0. The minimum absolute atomic E-state index is 0.0677. The van der Waals surface area contributed by atoms with Gasteiger partial charge in [0.1, 0.15) is 11.9 Å². The van der Waals surface area contributed by atoms with Crippen LogP contribution in [0.1, 0.15) is 19.4 Å². The molecule has 0 bridgehead atoms. The van der Waals surface area contributed by atoms with E-state index < -0.39 is 12.0 Å². The Morgan fingerprint density at radius 2 is 2.06 bits per heavy atom. The Kier molecular flexibility index (Phi) is 3.88. The highest BCUT2D eigenvalue weighted by molar-refractivity contribution is 5.77. The van der Waals surface area contributed by atoms with Crippen LogP contribution in [-0.2, 0) is 4.79 Å². The van der Waals surface area contributed by atoms with Crippen molar-refractivity contribution in [3.05, 3.63) is 29.6 Å². The van der Waals surface area contributed by atoms with Crippen LogP contribution in [0.25, 0.3) is 0 Å². The molecule has 0 fully saturated rings. The molecule has 0 amide bonds. The predicted octanol–water partition coefficient (Wildman–Crippen LogP) is 2.66. The lowest BCUT2D eigenvalue weighted by Gasteiger charge is -2.19. The molecule has 16 heavy (non-hydrogen) atoms. The van der Waals surface area contributed by atoms with E-state index in [0.717, 1.165) is 0 Å². The lowest BCUT2D eigenvalue weighted by molar-refractivity contribution is -0.138. The van der Waals surface area contributed by atoms with Gasteiger partial charge in [-0.15, -0.1) is 0 Å². The first-order valence-electron chi connectivity index (χ1n) is 5.17. The molecule has 0 aromatic heterocycles. The Morgan fingerprint density at radius 3 is 2.50 bits per heavy atom. The van der Waals surface area contributed by atoms with Gasteiger partial charge in [-0.3, -0.25) is 0 Å². The molecule has 0 saturated carbocycles. The van der Waals surface area contributed by atoms with E-state index in [1.165, 1.54) is 6.07 Å². The number of halogens is 1. The van der Waals surface area contributed by atoms with Gasteiger partial charge in [0.05, 0.1) is 0 Å². The van der Waals surface area contributed by atoms with E-state index in [4.69, 9.17) is 5.11 Å².